The van der Waals surface area contributed by atoms with Crippen LogP contribution in [-0.2, 0) is 13.0 Å². The molecule has 0 fully saturated rings. The lowest BCUT2D eigenvalue weighted by Crippen LogP contribution is -2.35. The minimum atomic E-state index is -0.976. The molecule has 0 saturated heterocycles. The third kappa shape index (κ3) is 2.56. The lowest BCUT2D eigenvalue weighted by Gasteiger charge is -2.24. The van der Waals surface area contributed by atoms with Crippen LogP contribution in [0.5, 0.6) is 5.75 Å². The first kappa shape index (κ1) is 14.8. The molecule has 1 aliphatic rings. The zero-order valence-corrected chi connectivity index (χ0v) is 12.3. The largest absolute Gasteiger partial charge is 0.494 e. The molecule has 9 heteroatoms. The van der Waals surface area contributed by atoms with Gasteiger partial charge in [-0.1, -0.05) is 0 Å². The number of nitro groups is 1. The zero-order chi connectivity index (χ0) is 16.6. The fourth-order valence-electron chi connectivity index (χ4n) is 2.66. The van der Waals surface area contributed by atoms with E-state index in [9.17, 15) is 14.9 Å². The Bertz CT molecular complexity index is 785. The normalized spacial score (nSPS) is 13.5. The van der Waals surface area contributed by atoms with Gasteiger partial charge in [0, 0.05) is 30.7 Å². The zero-order valence-electron chi connectivity index (χ0n) is 12.3. The second kappa shape index (κ2) is 5.59. The van der Waals surface area contributed by atoms with Crippen LogP contribution in [0, 0.1) is 10.1 Å². The van der Waals surface area contributed by atoms with E-state index in [0.717, 1.165) is 11.3 Å². The van der Waals surface area contributed by atoms with Crippen LogP contribution in [0.2, 0.25) is 0 Å². The molecular formula is C14H14N4O5. The maximum absolute atomic E-state index is 11.1. The SMILES string of the molecule is COc1ccc([N+](=O)[O-])cc1-n1ncc2c1CCN(C(=O)O)C2. The lowest BCUT2D eigenvalue weighted by molar-refractivity contribution is -0.384. The van der Waals surface area contributed by atoms with Crippen molar-refractivity contribution in [3.63, 3.8) is 0 Å². The maximum atomic E-state index is 11.1. The van der Waals surface area contributed by atoms with Crippen LogP contribution in [0.25, 0.3) is 5.69 Å². The number of rotatable bonds is 3. The van der Waals surface area contributed by atoms with Crippen LogP contribution in [0.1, 0.15) is 11.3 Å². The molecule has 0 atom stereocenters. The number of hydrogen-bond donors (Lipinski definition) is 1. The molecule has 1 N–H and O–H groups in total. The van der Waals surface area contributed by atoms with Gasteiger partial charge < -0.3 is 14.7 Å². The predicted octanol–water partition coefficient (Wildman–Crippen LogP) is 1.83. The van der Waals surface area contributed by atoms with E-state index in [2.05, 4.69) is 5.10 Å². The summed E-state index contributed by atoms with van der Waals surface area (Å²) < 4.78 is 6.85. The maximum Gasteiger partial charge on any atom is 0.407 e. The molecule has 3 rings (SSSR count). The summed E-state index contributed by atoms with van der Waals surface area (Å²) in [6, 6.07) is 4.29. The van der Waals surface area contributed by atoms with Gasteiger partial charge in [0.05, 0.1) is 30.5 Å². The number of ether oxygens (including phenoxy) is 1. The number of aromatic nitrogens is 2. The summed E-state index contributed by atoms with van der Waals surface area (Å²) in [5.74, 6) is 0.460. The summed E-state index contributed by atoms with van der Waals surface area (Å²) >= 11 is 0. The van der Waals surface area contributed by atoms with E-state index in [-0.39, 0.29) is 12.2 Å². The number of methoxy groups -OCH3 is 1. The third-order valence-corrected chi connectivity index (χ3v) is 3.81. The van der Waals surface area contributed by atoms with E-state index in [1.165, 1.54) is 30.2 Å². The van der Waals surface area contributed by atoms with Gasteiger partial charge >= 0.3 is 6.09 Å². The average molecular weight is 318 g/mol. The monoisotopic (exact) mass is 318 g/mol. The average Bonchev–Trinajstić information content (AvgIpc) is 2.96. The highest BCUT2D eigenvalue weighted by Gasteiger charge is 2.25. The van der Waals surface area contributed by atoms with Gasteiger partial charge in [-0.3, -0.25) is 10.1 Å². The minimum absolute atomic E-state index is 0.0620. The molecule has 0 radical (unpaired) electrons. The number of carbonyl (C=O) groups is 1. The molecule has 120 valence electrons. The van der Waals surface area contributed by atoms with Crippen molar-refractivity contribution in [1.82, 2.24) is 14.7 Å². The topological polar surface area (TPSA) is 111 Å². The predicted molar refractivity (Wildman–Crippen MR) is 78.9 cm³/mol. The molecule has 23 heavy (non-hydrogen) atoms. The van der Waals surface area contributed by atoms with Gasteiger partial charge in [0.25, 0.3) is 5.69 Å². The fraction of sp³-hybridized carbons (Fsp3) is 0.286. The van der Waals surface area contributed by atoms with E-state index < -0.39 is 11.0 Å². The molecule has 1 amide bonds. The number of non-ortho nitro benzene ring substituents is 1. The molecule has 0 bridgehead atoms. The van der Waals surface area contributed by atoms with Crippen molar-refractivity contribution >= 4 is 11.8 Å². The van der Waals surface area contributed by atoms with Crippen molar-refractivity contribution < 1.29 is 19.6 Å². The Morgan fingerprint density at radius 2 is 2.26 bits per heavy atom. The number of amides is 1. The number of fused-ring (bicyclic) bond motifs is 1. The van der Waals surface area contributed by atoms with E-state index in [4.69, 9.17) is 9.84 Å². The second-order valence-corrected chi connectivity index (χ2v) is 5.10. The molecule has 0 saturated carbocycles. The molecule has 0 spiro atoms. The molecular weight excluding hydrogens is 304 g/mol. The van der Waals surface area contributed by atoms with Gasteiger partial charge in [0.15, 0.2) is 0 Å². The fourth-order valence-corrected chi connectivity index (χ4v) is 2.66. The summed E-state index contributed by atoms with van der Waals surface area (Å²) in [4.78, 5) is 22.9. The van der Waals surface area contributed by atoms with E-state index in [1.54, 1.807) is 10.9 Å². The van der Waals surface area contributed by atoms with Gasteiger partial charge in [0.1, 0.15) is 11.4 Å². The van der Waals surface area contributed by atoms with Crippen LogP contribution in [0.3, 0.4) is 0 Å². The molecule has 9 nitrogen and oxygen atoms in total. The molecule has 1 aromatic heterocycles. The second-order valence-electron chi connectivity index (χ2n) is 5.10. The molecule has 2 aromatic rings. The van der Waals surface area contributed by atoms with Crippen LogP contribution in [0.15, 0.2) is 24.4 Å². The van der Waals surface area contributed by atoms with Crippen molar-refractivity contribution in [3.8, 4) is 11.4 Å². The van der Waals surface area contributed by atoms with Gasteiger partial charge in [-0.25, -0.2) is 9.48 Å². The van der Waals surface area contributed by atoms with Crippen molar-refractivity contribution in [2.45, 2.75) is 13.0 Å². The number of carboxylic acid groups (broad SMARTS) is 1. The highest BCUT2D eigenvalue weighted by atomic mass is 16.6. The highest BCUT2D eigenvalue weighted by molar-refractivity contribution is 5.65. The summed E-state index contributed by atoms with van der Waals surface area (Å²) in [6.07, 6.45) is 1.09. The lowest BCUT2D eigenvalue weighted by atomic mass is 10.1. The minimum Gasteiger partial charge on any atom is -0.494 e. The van der Waals surface area contributed by atoms with Crippen LogP contribution < -0.4 is 4.74 Å². The van der Waals surface area contributed by atoms with Crippen LogP contribution in [0.4, 0.5) is 10.5 Å². The smallest absolute Gasteiger partial charge is 0.407 e. The quantitative estimate of drug-likeness (QED) is 0.682. The standard InChI is InChI=1S/C14H14N4O5/c1-23-13-3-2-10(18(21)22)6-12(13)17-11-4-5-16(14(19)20)8-9(11)7-15-17/h2-3,6-7H,4-5,8H2,1H3,(H,19,20). The van der Waals surface area contributed by atoms with Gasteiger partial charge in [0.2, 0.25) is 0 Å². The van der Waals surface area contributed by atoms with E-state index >= 15 is 0 Å². The van der Waals surface area contributed by atoms with Crippen molar-refractivity contribution in [2.75, 3.05) is 13.7 Å². The Labute approximate surface area is 130 Å². The van der Waals surface area contributed by atoms with E-state index in [1.807, 2.05) is 0 Å². The molecule has 0 aliphatic carbocycles. The summed E-state index contributed by atoms with van der Waals surface area (Å²) in [6.45, 7) is 0.604. The van der Waals surface area contributed by atoms with Crippen molar-refractivity contribution in [3.05, 3.63) is 45.8 Å². The van der Waals surface area contributed by atoms with Crippen molar-refractivity contribution in [2.24, 2.45) is 0 Å². The Kier molecular flexibility index (Phi) is 3.61. The van der Waals surface area contributed by atoms with Gasteiger partial charge in [-0.05, 0) is 6.07 Å². The highest BCUT2D eigenvalue weighted by Crippen LogP contribution is 2.30. The number of benzene rings is 1. The Balaban J connectivity index is 2.05. The number of hydrogen-bond acceptors (Lipinski definition) is 5. The number of nitrogens with zero attached hydrogens (tertiary/aromatic N) is 4. The molecule has 1 aromatic carbocycles. The Morgan fingerprint density at radius 1 is 1.48 bits per heavy atom. The summed E-state index contributed by atoms with van der Waals surface area (Å²) in [5.41, 5.74) is 2.02. The third-order valence-electron chi connectivity index (χ3n) is 3.81. The van der Waals surface area contributed by atoms with Crippen molar-refractivity contribution in [1.29, 1.82) is 0 Å². The first-order chi connectivity index (χ1) is 11.0. The first-order valence-corrected chi connectivity index (χ1v) is 6.87. The van der Waals surface area contributed by atoms with E-state index in [0.29, 0.717) is 24.4 Å². The van der Waals surface area contributed by atoms with Crippen LogP contribution in [-0.4, -0.2) is 44.5 Å². The van der Waals surface area contributed by atoms with Gasteiger partial charge in [-0.15, -0.1) is 0 Å². The Hall–Kier alpha value is -3.10. The molecule has 2 heterocycles. The summed E-state index contributed by atoms with van der Waals surface area (Å²) in [7, 11) is 1.48. The van der Waals surface area contributed by atoms with Gasteiger partial charge in [-0.2, -0.15) is 5.10 Å². The van der Waals surface area contributed by atoms with Crippen LogP contribution >= 0.6 is 0 Å². The number of nitro benzene ring substituents is 1. The first-order valence-electron chi connectivity index (χ1n) is 6.87. The molecule has 1 aliphatic heterocycles. The summed E-state index contributed by atoms with van der Waals surface area (Å²) in [5, 5.41) is 24.3. The molecule has 0 unspecified atom stereocenters. The Morgan fingerprint density at radius 3 is 2.91 bits per heavy atom.